The van der Waals surface area contributed by atoms with Gasteiger partial charge < -0.3 is 0 Å². The van der Waals surface area contributed by atoms with Gasteiger partial charge in [-0.3, -0.25) is 0 Å². The molecular formula is C15H11ClN2. The van der Waals surface area contributed by atoms with Gasteiger partial charge in [0.25, 0.3) is 0 Å². The second-order valence-electron chi connectivity index (χ2n) is 4.15. The van der Waals surface area contributed by atoms with E-state index in [1.54, 1.807) is 6.07 Å². The van der Waals surface area contributed by atoms with Crippen molar-refractivity contribution in [3.8, 4) is 0 Å². The number of halogens is 1. The summed E-state index contributed by atoms with van der Waals surface area (Å²) in [5.74, 6) is 0. The van der Waals surface area contributed by atoms with E-state index >= 15 is 0 Å². The predicted molar refractivity (Wildman–Crippen MR) is 73.8 cm³/mol. The zero-order valence-electron chi connectivity index (χ0n) is 9.68. The lowest BCUT2D eigenvalue weighted by atomic mass is 10.1. The van der Waals surface area contributed by atoms with Gasteiger partial charge >= 0.3 is 0 Å². The number of aromatic nitrogens is 2. The average Bonchev–Trinajstić information content (AvgIpc) is 2.39. The molecule has 18 heavy (non-hydrogen) atoms. The molecule has 0 aliphatic rings. The van der Waals surface area contributed by atoms with Crippen molar-refractivity contribution in [1.29, 1.82) is 0 Å². The van der Waals surface area contributed by atoms with Crippen LogP contribution >= 0.6 is 11.6 Å². The topological polar surface area (TPSA) is 25.8 Å². The lowest BCUT2D eigenvalue weighted by molar-refractivity contribution is 1.08. The first-order chi connectivity index (χ1) is 8.81. The molecule has 0 saturated carbocycles. The second-order valence-corrected chi connectivity index (χ2v) is 4.53. The SMILES string of the molecule is Clc1ccc2ccc(Cc3ccccc3)nc2n1. The Morgan fingerprint density at radius 2 is 1.61 bits per heavy atom. The van der Waals surface area contributed by atoms with Crippen molar-refractivity contribution in [3.63, 3.8) is 0 Å². The molecule has 0 fully saturated rings. The molecule has 3 heteroatoms. The van der Waals surface area contributed by atoms with Gasteiger partial charge in [0.1, 0.15) is 5.15 Å². The molecule has 2 nitrogen and oxygen atoms in total. The van der Waals surface area contributed by atoms with Crippen LogP contribution in [0.2, 0.25) is 5.15 Å². The summed E-state index contributed by atoms with van der Waals surface area (Å²) in [6.45, 7) is 0. The van der Waals surface area contributed by atoms with Crippen molar-refractivity contribution >= 4 is 22.6 Å². The smallest absolute Gasteiger partial charge is 0.161 e. The molecule has 0 unspecified atom stereocenters. The number of fused-ring (bicyclic) bond motifs is 1. The normalized spacial score (nSPS) is 10.7. The molecule has 0 radical (unpaired) electrons. The van der Waals surface area contributed by atoms with Crippen LogP contribution in [0.15, 0.2) is 54.6 Å². The standard InChI is InChI=1S/C15H11ClN2/c16-14-9-7-12-6-8-13(17-15(12)18-14)10-11-4-2-1-3-5-11/h1-9H,10H2. The maximum atomic E-state index is 5.88. The quantitative estimate of drug-likeness (QED) is 0.649. The van der Waals surface area contributed by atoms with Crippen LogP contribution in [0.25, 0.3) is 11.0 Å². The van der Waals surface area contributed by atoms with Crippen LogP contribution in [0.5, 0.6) is 0 Å². The first-order valence-corrected chi connectivity index (χ1v) is 6.15. The monoisotopic (exact) mass is 254 g/mol. The maximum absolute atomic E-state index is 5.88. The van der Waals surface area contributed by atoms with E-state index in [0.29, 0.717) is 10.8 Å². The first-order valence-electron chi connectivity index (χ1n) is 5.77. The molecule has 3 rings (SSSR count). The van der Waals surface area contributed by atoms with Gasteiger partial charge in [0, 0.05) is 17.5 Å². The predicted octanol–water partition coefficient (Wildman–Crippen LogP) is 3.87. The number of benzene rings is 1. The van der Waals surface area contributed by atoms with Crippen LogP contribution in [0.1, 0.15) is 11.3 Å². The van der Waals surface area contributed by atoms with Crippen molar-refractivity contribution in [3.05, 3.63) is 71.0 Å². The molecule has 0 N–H and O–H groups in total. The minimum Gasteiger partial charge on any atom is -0.233 e. The van der Waals surface area contributed by atoms with Crippen LogP contribution in [-0.2, 0) is 6.42 Å². The van der Waals surface area contributed by atoms with Gasteiger partial charge in [-0.05, 0) is 29.8 Å². The minimum atomic E-state index is 0.479. The maximum Gasteiger partial charge on any atom is 0.161 e. The third-order valence-electron chi connectivity index (χ3n) is 2.80. The van der Waals surface area contributed by atoms with E-state index in [1.165, 1.54) is 5.56 Å². The molecule has 0 bridgehead atoms. The molecule has 0 spiro atoms. The Hall–Kier alpha value is -1.93. The Kier molecular flexibility index (Phi) is 2.95. The summed E-state index contributed by atoms with van der Waals surface area (Å²) in [4.78, 5) is 8.77. The molecular weight excluding hydrogens is 244 g/mol. The van der Waals surface area contributed by atoms with E-state index in [9.17, 15) is 0 Å². The summed E-state index contributed by atoms with van der Waals surface area (Å²) >= 11 is 5.88. The summed E-state index contributed by atoms with van der Waals surface area (Å²) in [5.41, 5.74) is 2.95. The third kappa shape index (κ3) is 2.34. The van der Waals surface area contributed by atoms with E-state index in [4.69, 9.17) is 11.6 Å². The zero-order valence-corrected chi connectivity index (χ0v) is 10.4. The number of hydrogen-bond acceptors (Lipinski definition) is 2. The second kappa shape index (κ2) is 4.75. The van der Waals surface area contributed by atoms with Crippen LogP contribution < -0.4 is 0 Å². The molecule has 3 aromatic rings. The van der Waals surface area contributed by atoms with Crippen molar-refractivity contribution in [2.45, 2.75) is 6.42 Å². The molecule has 0 aliphatic heterocycles. The van der Waals surface area contributed by atoms with Gasteiger partial charge in [-0.1, -0.05) is 41.9 Å². The van der Waals surface area contributed by atoms with Crippen molar-refractivity contribution in [1.82, 2.24) is 9.97 Å². The lowest BCUT2D eigenvalue weighted by Gasteiger charge is -2.03. The highest BCUT2D eigenvalue weighted by Gasteiger charge is 2.01. The average molecular weight is 255 g/mol. The Labute approximate surface area is 110 Å². The largest absolute Gasteiger partial charge is 0.233 e. The molecule has 0 saturated heterocycles. The van der Waals surface area contributed by atoms with Gasteiger partial charge in [-0.25, -0.2) is 9.97 Å². The summed E-state index contributed by atoms with van der Waals surface area (Å²) in [5, 5.41) is 1.49. The summed E-state index contributed by atoms with van der Waals surface area (Å²) in [7, 11) is 0. The van der Waals surface area contributed by atoms with Gasteiger partial charge in [0.05, 0.1) is 0 Å². The lowest BCUT2D eigenvalue weighted by Crippen LogP contribution is -1.94. The van der Waals surface area contributed by atoms with Crippen molar-refractivity contribution in [2.75, 3.05) is 0 Å². The molecule has 2 aromatic heterocycles. The highest BCUT2D eigenvalue weighted by molar-refractivity contribution is 6.29. The molecule has 2 heterocycles. The third-order valence-corrected chi connectivity index (χ3v) is 3.01. The Morgan fingerprint density at radius 3 is 2.44 bits per heavy atom. The molecule has 0 aliphatic carbocycles. The van der Waals surface area contributed by atoms with Gasteiger partial charge in [0.15, 0.2) is 5.65 Å². The molecule has 88 valence electrons. The molecule has 0 atom stereocenters. The number of nitrogens with zero attached hydrogens (tertiary/aromatic N) is 2. The van der Waals surface area contributed by atoms with E-state index in [2.05, 4.69) is 22.1 Å². The highest BCUT2D eigenvalue weighted by Crippen LogP contribution is 2.15. The van der Waals surface area contributed by atoms with Crippen molar-refractivity contribution < 1.29 is 0 Å². The van der Waals surface area contributed by atoms with Crippen LogP contribution in [0.3, 0.4) is 0 Å². The fourth-order valence-electron chi connectivity index (χ4n) is 1.92. The van der Waals surface area contributed by atoms with E-state index < -0.39 is 0 Å². The van der Waals surface area contributed by atoms with Crippen molar-refractivity contribution in [2.24, 2.45) is 0 Å². The van der Waals surface area contributed by atoms with Gasteiger partial charge in [0.2, 0.25) is 0 Å². The summed E-state index contributed by atoms with van der Waals surface area (Å²) in [6.07, 6.45) is 0.810. The molecule has 1 aromatic carbocycles. The fourth-order valence-corrected chi connectivity index (χ4v) is 2.06. The zero-order chi connectivity index (χ0) is 12.4. The number of rotatable bonds is 2. The highest BCUT2D eigenvalue weighted by atomic mass is 35.5. The minimum absolute atomic E-state index is 0.479. The fraction of sp³-hybridized carbons (Fsp3) is 0.0667. The van der Waals surface area contributed by atoms with E-state index in [0.717, 1.165) is 17.5 Å². The number of hydrogen-bond donors (Lipinski definition) is 0. The van der Waals surface area contributed by atoms with E-state index in [-0.39, 0.29) is 0 Å². The van der Waals surface area contributed by atoms with Crippen LogP contribution in [0.4, 0.5) is 0 Å². The Balaban J connectivity index is 1.98. The first kappa shape index (κ1) is 11.2. The van der Waals surface area contributed by atoms with E-state index in [1.807, 2.05) is 36.4 Å². The van der Waals surface area contributed by atoms with Crippen LogP contribution in [0, 0.1) is 0 Å². The summed E-state index contributed by atoms with van der Waals surface area (Å²) < 4.78 is 0. The van der Waals surface area contributed by atoms with Gasteiger partial charge in [-0.15, -0.1) is 0 Å². The van der Waals surface area contributed by atoms with Gasteiger partial charge in [-0.2, -0.15) is 0 Å². The molecule has 0 amide bonds. The Bertz CT molecular complexity index is 680. The Morgan fingerprint density at radius 1 is 0.833 bits per heavy atom. The number of pyridine rings is 2. The van der Waals surface area contributed by atoms with Crippen LogP contribution in [-0.4, -0.2) is 9.97 Å². The summed E-state index contributed by atoms with van der Waals surface area (Å²) in [6, 6.07) is 18.0.